The van der Waals surface area contributed by atoms with Crippen LogP contribution < -0.4 is 10.2 Å². The van der Waals surface area contributed by atoms with Crippen molar-refractivity contribution in [1.29, 1.82) is 0 Å². The quantitative estimate of drug-likeness (QED) is 0.0276. The van der Waals surface area contributed by atoms with Crippen molar-refractivity contribution in [3.8, 4) is 0 Å². The fourth-order valence-electron chi connectivity index (χ4n) is 6.80. The highest BCUT2D eigenvalue weighted by atomic mass is 31.2. The molecule has 8 nitrogen and oxygen atoms in total. The van der Waals surface area contributed by atoms with Gasteiger partial charge in [-0.15, -0.1) is 0 Å². The number of aliphatic hydroxyl groups is 1. The summed E-state index contributed by atoms with van der Waals surface area (Å²) in [6, 6.07) is -0.800. The van der Waals surface area contributed by atoms with Crippen LogP contribution in [-0.2, 0) is 18.4 Å². The van der Waals surface area contributed by atoms with Gasteiger partial charge in [0.1, 0.15) is 13.2 Å². The third kappa shape index (κ3) is 39.5. The molecule has 322 valence electrons. The zero-order chi connectivity index (χ0) is 40.0. The molecule has 0 saturated heterocycles. The maximum atomic E-state index is 12.9. The van der Waals surface area contributed by atoms with Crippen molar-refractivity contribution in [3.05, 3.63) is 12.2 Å². The van der Waals surface area contributed by atoms with Gasteiger partial charge in [0.05, 0.1) is 39.9 Å². The maximum absolute atomic E-state index is 12.9. The summed E-state index contributed by atoms with van der Waals surface area (Å²) >= 11 is 0. The number of amides is 1. The van der Waals surface area contributed by atoms with Gasteiger partial charge >= 0.3 is 0 Å². The first-order chi connectivity index (χ1) is 26.0. The average Bonchev–Trinajstić information content (AvgIpc) is 3.12. The van der Waals surface area contributed by atoms with E-state index in [1.165, 1.54) is 141 Å². The number of hydrogen-bond donors (Lipinski definition) is 2. The SMILES string of the molecule is CCCCCCCCCCC/C=C\CCCCCCCC(=O)NC(COP(=O)([O-])OCC[N+](C)(C)C)C(O)CCCCCCCCCCCCCCCC. The summed E-state index contributed by atoms with van der Waals surface area (Å²) in [5, 5.41) is 13.9. The molecule has 0 heterocycles. The Kier molecular flexibility index (Phi) is 37.3. The van der Waals surface area contributed by atoms with E-state index in [9.17, 15) is 19.4 Å². The van der Waals surface area contributed by atoms with Gasteiger partial charge in [-0.25, -0.2) is 0 Å². The fourth-order valence-corrected chi connectivity index (χ4v) is 7.52. The number of hydrogen-bond acceptors (Lipinski definition) is 6. The molecular formula is C45H91N2O6P. The minimum atomic E-state index is -4.56. The molecule has 1 amide bonds. The number of phosphoric ester groups is 1. The molecule has 54 heavy (non-hydrogen) atoms. The Morgan fingerprint density at radius 2 is 1.02 bits per heavy atom. The van der Waals surface area contributed by atoms with Gasteiger partial charge in [-0.1, -0.05) is 187 Å². The highest BCUT2D eigenvalue weighted by Crippen LogP contribution is 2.38. The topological polar surface area (TPSA) is 108 Å². The molecule has 0 aliphatic carbocycles. The maximum Gasteiger partial charge on any atom is 0.268 e. The molecule has 0 aromatic heterocycles. The Balaban J connectivity index is 4.33. The lowest BCUT2D eigenvalue weighted by Crippen LogP contribution is -2.46. The van der Waals surface area contributed by atoms with Gasteiger partial charge in [0.15, 0.2) is 0 Å². The van der Waals surface area contributed by atoms with Crippen LogP contribution in [-0.4, -0.2) is 68.5 Å². The minimum Gasteiger partial charge on any atom is -0.756 e. The molecule has 0 aliphatic heterocycles. The van der Waals surface area contributed by atoms with Crippen LogP contribution in [0.4, 0.5) is 0 Å². The molecule has 3 atom stereocenters. The summed E-state index contributed by atoms with van der Waals surface area (Å²) in [6.45, 7) is 4.72. The Hall–Kier alpha value is -0.760. The molecule has 0 aromatic rings. The van der Waals surface area contributed by atoms with Crippen LogP contribution in [0.3, 0.4) is 0 Å². The second-order valence-corrected chi connectivity index (χ2v) is 18.5. The van der Waals surface area contributed by atoms with Crippen LogP contribution in [0.5, 0.6) is 0 Å². The number of nitrogens with zero attached hydrogens (tertiary/aromatic N) is 1. The predicted octanol–water partition coefficient (Wildman–Crippen LogP) is 12.1. The second kappa shape index (κ2) is 37.8. The zero-order valence-corrected chi connectivity index (χ0v) is 37.3. The highest BCUT2D eigenvalue weighted by Gasteiger charge is 2.24. The van der Waals surface area contributed by atoms with Crippen LogP contribution in [0.1, 0.15) is 219 Å². The number of quaternary nitrogens is 1. The molecule has 0 aromatic carbocycles. The van der Waals surface area contributed by atoms with Gasteiger partial charge < -0.3 is 28.8 Å². The van der Waals surface area contributed by atoms with Crippen molar-refractivity contribution in [2.75, 3.05) is 40.9 Å². The number of nitrogens with one attached hydrogen (secondary N) is 1. The Labute approximate surface area is 335 Å². The molecule has 0 saturated carbocycles. The molecule has 9 heteroatoms. The molecule has 0 bridgehead atoms. The van der Waals surface area contributed by atoms with Crippen molar-refractivity contribution < 1.29 is 32.9 Å². The summed E-state index contributed by atoms with van der Waals surface area (Å²) in [4.78, 5) is 25.3. The summed E-state index contributed by atoms with van der Waals surface area (Å²) in [5.74, 6) is -0.172. The van der Waals surface area contributed by atoms with Crippen LogP contribution >= 0.6 is 7.82 Å². The standard InChI is InChI=1S/C45H91N2O6P/c1-6-8-10-12-14-16-18-20-22-23-24-25-27-29-31-33-35-37-39-45(49)46-43(42-53-54(50,51)52-41-40-47(3,4)5)44(48)38-36-34-32-30-28-26-21-19-17-15-13-11-9-7-2/h24-25,43-44,48H,6-23,26-42H2,1-5H3,(H-,46,49,50,51)/b25-24-. The second-order valence-electron chi connectivity index (χ2n) is 17.1. The molecule has 0 fully saturated rings. The number of allylic oxidation sites excluding steroid dienone is 2. The lowest BCUT2D eigenvalue weighted by atomic mass is 10.0. The van der Waals surface area contributed by atoms with Crippen molar-refractivity contribution in [2.24, 2.45) is 0 Å². The van der Waals surface area contributed by atoms with Crippen LogP contribution in [0.15, 0.2) is 12.2 Å². The Morgan fingerprint density at radius 3 is 1.44 bits per heavy atom. The number of carbonyl (C=O) groups is 1. The molecule has 0 rings (SSSR count). The van der Waals surface area contributed by atoms with Gasteiger partial charge in [-0.05, 0) is 38.5 Å². The van der Waals surface area contributed by atoms with Crippen LogP contribution in [0.2, 0.25) is 0 Å². The van der Waals surface area contributed by atoms with E-state index in [-0.39, 0.29) is 19.1 Å². The van der Waals surface area contributed by atoms with Crippen LogP contribution in [0, 0.1) is 0 Å². The van der Waals surface area contributed by atoms with E-state index in [1.54, 1.807) is 0 Å². The zero-order valence-electron chi connectivity index (χ0n) is 36.4. The molecule has 0 aliphatic rings. The van der Waals surface area contributed by atoms with Gasteiger partial charge in [0, 0.05) is 6.42 Å². The van der Waals surface area contributed by atoms with E-state index in [1.807, 2.05) is 21.1 Å². The highest BCUT2D eigenvalue weighted by molar-refractivity contribution is 7.45. The first-order valence-corrected chi connectivity index (χ1v) is 24.5. The summed E-state index contributed by atoms with van der Waals surface area (Å²) in [7, 11) is 1.31. The van der Waals surface area contributed by atoms with Crippen molar-refractivity contribution >= 4 is 13.7 Å². The first kappa shape index (κ1) is 53.2. The fraction of sp³-hybridized carbons (Fsp3) is 0.933. The Bertz CT molecular complexity index is 896. The number of carbonyl (C=O) groups excluding carboxylic acids is 1. The monoisotopic (exact) mass is 787 g/mol. The molecule has 3 unspecified atom stereocenters. The molecule has 0 radical (unpaired) electrons. The van der Waals surface area contributed by atoms with E-state index in [2.05, 4.69) is 31.3 Å². The van der Waals surface area contributed by atoms with E-state index in [0.29, 0.717) is 23.9 Å². The average molecular weight is 787 g/mol. The van der Waals surface area contributed by atoms with E-state index in [0.717, 1.165) is 51.4 Å². The van der Waals surface area contributed by atoms with E-state index >= 15 is 0 Å². The number of unbranched alkanes of at least 4 members (excludes halogenated alkanes) is 27. The lowest BCUT2D eigenvalue weighted by molar-refractivity contribution is -0.870. The van der Waals surface area contributed by atoms with Crippen molar-refractivity contribution in [3.63, 3.8) is 0 Å². The smallest absolute Gasteiger partial charge is 0.268 e. The summed E-state index contributed by atoms with van der Waals surface area (Å²) in [5.41, 5.74) is 0. The van der Waals surface area contributed by atoms with Gasteiger partial charge in [-0.3, -0.25) is 9.36 Å². The van der Waals surface area contributed by atoms with E-state index < -0.39 is 20.0 Å². The normalized spacial score (nSPS) is 14.4. The largest absolute Gasteiger partial charge is 0.756 e. The summed E-state index contributed by atoms with van der Waals surface area (Å²) in [6.07, 6.45) is 42.1. The number of rotatable bonds is 42. The Morgan fingerprint density at radius 1 is 0.630 bits per heavy atom. The number of phosphoric acid groups is 1. The molecule has 0 spiro atoms. The number of likely N-dealkylation sites (N-methyl/N-ethyl adjacent to an activating group) is 1. The molecule has 2 N–H and O–H groups in total. The number of aliphatic hydroxyl groups excluding tert-OH is 1. The van der Waals surface area contributed by atoms with Crippen molar-refractivity contribution in [1.82, 2.24) is 5.32 Å². The van der Waals surface area contributed by atoms with Gasteiger partial charge in [-0.2, -0.15) is 0 Å². The predicted molar refractivity (Wildman–Crippen MR) is 229 cm³/mol. The van der Waals surface area contributed by atoms with E-state index in [4.69, 9.17) is 9.05 Å². The van der Waals surface area contributed by atoms with Gasteiger partial charge in [0.2, 0.25) is 5.91 Å². The van der Waals surface area contributed by atoms with Crippen LogP contribution in [0.25, 0.3) is 0 Å². The minimum absolute atomic E-state index is 0.0124. The third-order valence-corrected chi connectivity index (χ3v) is 11.5. The molecular weight excluding hydrogens is 695 g/mol. The third-order valence-electron chi connectivity index (χ3n) is 10.5. The lowest BCUT2D eigenvalue weighted by Gasteiger charge is -2.30. The summed E-state index contributed by atoms with van der Waals surface area (Å²) < 4.78 is 23.3. The van der Waals surface area contributed by atoms with Gasteiger partial charge in [0.25, 0.3) is 7.82 Å². The van der Waals surface area contributed by atoms with Crippen molar-refractivity contribution in [2.45, 2.75) is 231 Å². The first-order valence-electron chi connectivity index (χ1n) is 23.0.